The number of aromatic nitrogens is 1. The fourth-order valence-corrected chi connectivity index (χ4v) is 3.61. The number of fused-ring (bicyclic) bond motifs is 3. The molecule has 0 spiro atoms. The lowest BCUT2D eigenvalue weighted by atomic mass is 9.98. The van der Waals surface area contributed by atoms with Crippen molar-refractivity contribution in [3.05, 3.63) is 65.9 Å². The number of para-hydroxylation sites is 2. The first kappa shape index (κ1) is 12.7. The highest BCUT2D eigenvalue weighted by Crippen LogP contribution is 2.35. The van der Waals surface area contributed by atoms with E-state index in [1.165, 1.54) is 27.8 Å². The summed E-state index contributed by atoms with van der Waals surface area (Å²) in [4.78, 5) is 0. The second kappa shape index (κ2) is 5.05. The van der Waals surface area contributed by atoms with Gasteiger partial charge in [-0.1, -0.05) is 43.3 Å². The van der Waals surface area contributed by atoms with Gasteiger partial charge in [-0.15, -0.1) is 0 Å². The van der Waals surface area contributed by atoms with E-state index in [0.717, 1.165) is 19.5 Å². The molecule has 0 radical (unpaired) electrons. The largest absolute Gasteiger partial charge is 0.316 e. The summed E-state index contributed by atoms with van der Waals surface area (Å²) in [5, 5.41) is 4.97. The van der Waals surface area contributed by atoms with Crippen molar-refractivity contribution in [3.63, 3.8) is 0 Å². The Balaban J connectivity index is 2.08. The SMILES string of the molecule is CC1CNCCc2c1c1ccccc1n2-c1ccccc1. The number of rotatable bonds is 1. The van der Waals surface area contributed by atoms with Crippen LogP contribution in [0.3, 0.4) is 0 Å². The van der Waals surface area contributed by atoms with Gasteiger partial charge in [-0.3, -0.25) is 0 Å². The number of nitrogens with zero attached hydrogens (tertiary/aromatic N) is 1. The molecule has 0 aliphatic carbocycles. The first-order valence-corrected chi connectivity index (χ1v) is 7.74. The average molecular weight is 276 g/mol. The Labute approximate surface area is 125 Å². The molecule has 0 fully saturated rings. The molecule has 1 N–H and O–H groups in total. The maximum Gasteiger partial charge on any atom is 0.0534 e. The molecular formula is C19H20N2. The van der Waals surface area contributed by atoms with Crippen LogP contribution >= 0.6 is 0 Å². The Kier molecular flexibility index (Phi) is 3.04. The summed E-state index contributed by atoms with van der Waals surface area (Å²) in [5.41, 5.74) is 5.60. The third-order valence-electron chi connectivity index (χ3n) is 4.51. The first-order chi connectivity index (χ1) is 10.4. The highest BCUT2D eigenvalue weighted by atomic mass is 15.0. The molecule has 0 saturated heterocycles. The third kappa shape index (κ3) is 1.98. The van der Waals surface area contributed by atoms with E-state index < -0.39 is 0 Å². The Morgan fingerprint density at radius 3 is 2.62 bits per heavy atom. The van der Waals surface area contributed by atoms with Crippen molar-refractivity contribution in [2.75, 3.05) is 13.1 Å². The summed E-state index contributed by atoms with van der Waals surface area (Å²) < 4.78 is 2.45. The molecule has 1 aliphatic heterocycles. The molecule has 4 rings (SSSR count). The second-order valence-corrected chi connectivity index (χ2v) is 5.90. The number of hydrogen-bond acceptors (Lipinski definition) is 1. The van der Waals surface area contributed by atoms with E-state index in [2.05, 4.69) is 71.4 Å². The summed E-state index contributed by atoms with van der Waals surface area (Å²) >= 11 is 0. The summed E-state index contributed by atoms with van der Waals surface area (Å²) in [5.74, 6) is 0.553. The van der Waals surface area contributed by atoms with Crippen molar-refractivity contribution in [2.24, 2.45) is 0 Å². The molecule has 21 heavy (non-hydrogen) atoms. The van der Waals surface area contributed by atoms with E-state index in [1.807, 2.05) is 0 Å². The van der Waals surface area contributed by atoms with Crippen LogP contribution in [-0.4, -0.2) is 17.7 Å². The van der Waals surface area contributed by atoms with E-state index in [0.29, 0.717) is 5.92 Å². The Hall–Kier alpha value is -2.06. The molecule has 1 atom stereocenters. The molecule has 0 amide bonds. The maximum atomic E-state index is 3.56. The lowest BCUT2D eigenvalue weighted by Gasteiger charge is -2.11. The quantitative estimate of drug-likeness (QED) is 0.713. The fourth-order valence-electron chi connectivity index (χ4n) is 3.61. The van der Waals surface area contributed by atoms with Gasteiger partial charge < -0.3 is 9.88 Å². The Morgan fingerprint density at radius 1 is 1.00 bits per heavy atom. The van der Waals surface area contributed by atoms with Crippen molar-refractivity contribution in [2.45, 2.75) is 19.3 Å². The van der Waals surface area contributed by atoms with Crippen LogP contribution in [0, 0.1) is 0 Å². The van der Waals surface area contributed by atoms with Crippen LogP contribution in [0.5, 0.6) is 0 Å². The summed E-state index contributed by atoms with van der Waals surface area (Å²) in [6.45, 7) is 4.45. The highest BCUT2D eigenvalue weighted by Gasteiger charge is 2.23. The highest BCUT2D eigenvalue weighted by molar-refractivity contribution is 5.88. The molecule has 2 aromatic carbocycles. The fraction of sp³-hybridized carbons (Fsp3) is 0.263. The molecular weight excluding hydrogens is 256 g/mol. The van der Waals surface area contributed by atoms with Crippen molar-refractivity contribution >= 4 is 10.9 Å². The molecule has 2 nitrogen and oxygen atoms in total. The molecule has 0 saturated carbocycles. The van der Waals surface area contributed by atoms with Gasteiger partial charge in [0.2, 0.25) is 0 Å². The van der Waals surface area contributed by atoms with Crippen LogP contribution in [0.25, 0.3) is 16.6 Å². The van der Waals surface area contributed by atoms with Gasteiger partial charge >= 0.3 is 0 Å². The summed E-state index contributed by atoms with van der Waals surface area (Å²) in [6, 6.07) is 19.5. The normalized spacial score (nSPS) is 18.4. The zero-order chi connectivity index (χ0) is 14.2. The van der Waals surface area contributed by atoms with Crippen LogP contribution in [0.4, 0.5) is 0 Å². The van der Waals surface area contributed by atoms with Gasteiger partial charge in [0.1, 0.15) is 0 Å². The van der Waals surface area contributed by atoms with E-state index in [4.69, 9.17) is 0 Å². The third-order valence-corrected chi connectivity index (χ3v) is 4.51. The summed E-state index contributed by atoms with van der Waals surface area (Å²) in [7, 11) is 0. The second-order valence-electron chi connectivity index (χ2n) is 5.90. The molecule has 2 heteroatoms. The van der Waals surface area contributed by atoms with Crippen molar-refractivity contribution < 1.29 is 0 Å². The van der Waals surface area contributed by atoms with E-state index in [1.54, 1.807) is 0 Å². The smallest absolute Gasteiger partial charge is 0.0534 e. The lowest BCUT2D eigenvalue weighted by molar-refractivity contribution is 0.645. The van der Waals surface area contributed by atoms with Crippen LogP contribution in [0.15, 0.2) is 54.6 Å². The topological polar surface area (TPSA) is 17.0 Å². The zero-order valence-corrected chi connectivity index (χ0v) is 12.3. The molecule has 1 aliphatic rings. The van der Waals surface area contributed by atoms with E-state index in [-0.39, 0.29) is 0 Å². The monoisotopic (exact) mass is 276 g/mol. The van der Waals surface area contributed by atoms with Crippen LogP contribution in [-0.2, 0) is 6.42 Å². The predicted octanol–water partition coefficient (Wildman–Crippen LogP) is 3.88. The van der Waals surface area contributed by atoms with Gasteiger partial charge in [0.05, 0.1) is 5.52 Å². The van der Waals surface area contributed by atoms with Gasteiger partial charge in [-0.05, 0) is 29.7 Å². The number of hydrogen-bond donors (Lipinski definition) is 1. The van der Waals surface area contributed by atoms with Crippen LogP contribution < -0.4 is 5.32 Å². The summed E-state index contributed by atoms with van der Waals surface area (Å²) in [6.07, 6.45) is 1.09. The molecule has 3 aromatic rings. The number of benzene rings is 2. The minimum absolute atomic E-state index is 0.553. The Bertz CT molecular complexity index is 771. The van der Waals surface area contributed by atoms with Crippen molar-refractivity contribution in [1.82, 2.24) is 9.88 Å². The molecule has 1 unspecified atom stereocenters. The van der Waals surface area contributed by atoms with E-state index >= 15 is 0 Å². The van der Waals surface area contributed by atoms with Gasteiger partial charge in [-0.25, -0.2) is 0 Å². The van der Waals surface area contributed by atoms with Gasteiger partial charge in [0.15, 0.2) is 0 Å². The minimum Gasteiger partial charge on any atom is -0.316 e. The van der Waals surface area contributed by atoms with Crippen LogP contribution in [0.2, 0.25) is 0 Å². The van der Waals surface area contributed by atoms with Crippen LogP contribution in [0.1, 0.15) is 24.1 Å². The molecule has 0 bridgehead atoms. The standard InChI is InChI=1S/C19H20N2/c1-14-13-20-12-11-18-19(14)16-9-5-6-10-17(16)21(18)15-7-3-2-4-8-15/h2-10,14,20H,11-13H2,1H3. The maximum absolute atomic E-state index is 3.56. The predicted molar refractivity (Wildman–Crippen MR) is 88.3 cm³/mol. The average Bonchev–Trinajstić information content (AvgIpc) is 2.74. The van der Waals surface area contributed by atoms with Gasteiger partial charge in [-0.2, -0.15) is 0 Å². The Morgan fingerprint density at radius 2 is 1.76 bits per heavy atom. The minimum atomic E-state index is 0.553. The first-order valence-electron chi connectivity index (χ1n) is 7.74. The lowest BCUT2D eigenvalue weighted by Crippen LogP contribution is -2.19. The van der Waals surface area contributed by atoms with Crippen molar-refractivity contribution in [3.8, 4) is 5.69 Å². The molecule has 2 heterocycles. The molecule has 106 valence electrons. The molecule has 1 aromatic heterocycles. The van der Waals surface area contributed by atoms with Gasteiger partial charge in [0, 0.05) is 36.3 Å². The zero-order valence-electron chi connectivity index (χ0n) is 12.3. The van der Waals surface area contributed by atoms with E-state index in [9.17, 15) is 0 Å². The van der Waals surface area contributed by atoms with Crippen molar-refractivity contribution in [1.29, 1.82) is 0 Å². The number of nitrogens with one attached hydrogen (secondary N) is 1. The van der Waals surface area contributed by atoms with Gasteiger partial charge in [0.25, 0.3) is 0 Å².